The van der Waals surface area contributed by atoms with E-state index in [-0.39, 0.29) is 0 Å². The fourth-order valence-corrected chi connectivity index (χ4v) is 1.44. The quantitative estimate of drug-likeness (QED) is 0.722. The molecule has 1 N–H and O–H groups in total. The van der Waals surface area contributed by atoms with Crippen LogP contribution in [-0.4, -0.2) is 6.54 Å². The molecule has 1 aromatic carbocycles. The Labute approximate surface area is 93.2 Å². The lowest BCUT2D eigenvalue weighted by atomic mass is 10.0. The second-order valence-electron chi connectivity index (χ2n) is 4.46. The number of nitrogens with one attached hydrogen (secondary N) is 1. The topological polar surface area (TPSA) is 12.0 Å². The van der Waals surface area contributed by atoms with Crippen molar-refractivity contribution in [3.05, 3.63) is 47.5 Å². The Balaban J connectivity index is 2.46. The molecule has 0 saturated carbocycles. The molecule has 1 aromatic rings. The molecule has 0 aliphatic rings. The summed E-state index contributed by atoms with van der Waals surface area (Å²) < 4.78 is 0. The minimum absolute atomic E-state index is 0.613. The van der Waals surface area contributed by atoms with E-state index in [1.165, 1.54) is 16.7 Å². The van der Waals surface area contributed by atoms with Crippen LogP contribution in [0, 0.1) is 0 Å². The summed E-state index contributed by atoms with van der Waals surface area (Å²) >= 11 is 0. The zero-order chi connectivity index (χ0) is 11.3. The summed E-state index contributed by atoms with van der Waals surface area (Å²) in [5.41, 5.74) is 3.91. The maximum absolute atomic E-state index is 3.86. The lowest BCUT2D eigenvalue weighted by Crippen LogP contribution is -2.15. The van der Waals surface area contributed by atoms with E-state index in [9.17, 15) is 0 Å². The SMILES string of the molecule is C=C(C)CNCc1ccc(C(C)C)cc1. The maximum Gasteiger partial charge on any atom is 0.0208 e. The van der Waals surface area contributed by atoms with Gasteiger partial charge in [0.15, 0.2) is 0 Å². The molecule has 0 aromatic heterocycles. The molecule has 0 saturated heterocycles. The zero-order valence-corrected chi connectivity index (χ0v) is 10.0. The molecule has 0 bridgehead atoms. The summed E-state index contributed by atoms with van der Waals surface area (Å²) in [5.74, 6) is 0.613. The van der Waals surface area contributed by atoms with Crippen molar-refractivity contribution in [3.63, 3.8) is 0 Å². The molecule has 0 radical (unpaired) electrons. The molecule has 0 atom stereocenters. The zero-order valence-electron chi connectivity index (χ0n) is 10.0. The molecule has 0 spiro atoms. The highest BCUT2D eigenvalue weighted by atomic mass is 14.8. The van der Waals surface area contributed by atoms with Crippen molar-refractivity contribution in [2.75, 3.05) is 6.54 Å². The van der Waals surface area contributed by atoms with Crippen molar-refractivity contribution in [2.45, 2.75) is 33.2 Å². The molecule has 0 unspecified atom stereocenters. The van der Waals surface area contributed by atoms with Gasteiger partial charge in [-0.3, -0.25) is 0 Å². The van der Waals surface area contributed by atoms with E-state index in [2.05, 4.69) is 50.0 Å². The third kappa shape index (κ3) is 4.30. The molecule has 0 fully saturated rings. The first kappa shape index (κ1) is 12.0. The van der Waals surface area contributed by atoms with Crippen LogP contribution >= 0.6 is 0 Å². The molecule has 1 rings (SSSR count). The lowest BCUT2D eigenvalue weighted by molar-refractivity contribution is 0.740. The minimum Gasteiger partial charge on any atom is -0.309 e. The summed E-state index contributed by atoms with van der Waals surface area (Å²) in [6.07, 6.45) is 0. The van der Waals surface area contributed by atoms with Crippen LogP contribution in [0.1, 0.15) is 37.8 Å². The van der Waals surface area contributed by atoms with Crippen molar-refractivity contribution in [2.24, 2.45) is 0 Å². The molecule has 0 amide bonds. The average molecular weight is 203 g/mol. The summed E-state index contributed by atoms with van der Waals surface area (Å²) in [6.45, 7) is 12.1. The van der Waals surface area contributed by atoms with Crippen LogP contribution < -0.4 is 5.32 Å². The van der Waals surface area contributed by atoms with E-state index in [1.54, 1.807) is 0 Å². The lowest BCUT2D eigenvalue weighted by Gasteiger charge is -2.08. The summed E-state index contributed by atoms with van der Waals surface area (Å²) in [6, 6.07) is 8.81. The van der Waals surface area contributed by atoms with E-state index in [0.717, 1.165) is 13.1 Å². The normalized spacial score (nSPS) is 10.7. The second kappa shape index (κ2) is 5.72. The highest BCUT2D eigenvalue weighted by Gasteiger charge is 1.98. The number of rotatable bonds is 5. The molecular weight excluding hydrogens is 182 g/mol. The van der Waals surface area contributed by atoms with Crippen LogP contribution in [0.4, 0.5) is 0 Å². The Morgan fingerprint density at radius 3 is 2.33 bits per heavy atom. The van der Waals surface area contributed by atoms with Crippen LogP contribution in [0.25, 0.3) is 0 Å². The van der Waals surface area contributed by atoms with Gasteiger partial charge in [-0.1, -0.05) is 50.3 Å². The van der Waals surface area contributed by atoms with Gasteiger partial charge in [-0.2, -0.15) is 0 Å². The molecule has 0 aliphatic heterocycles. The second-order valence-corrected chi connectivity index (χ2v) is 4.46. The van der Waals surface area contributed by atoms with Gasteiger partial charge in [0.05, 0.1) is 0 Å². The molecule has 1 heteroatoms. The first-order chi connectivity index (χ1) is 7.09. The van der Waals surface area contributed by atoms with Gasteiger partial charge in [0.25, 0.3) is 0 Å². The Morgan fingerprint density at radius 2 is 1.87 bits per heavy atom. The van der Waals surface area contributed by atoms with E-state index in [1.807, 2.05) is 6.92 Å². The third-order valence-electron chi connectivity index (χ3n) is 2.40. The van der Waals surface area contributed by atoms with Gasteiger partial charge in [-0.15, -0.1) is 0 Å². The van der Waals surface area contributed by atoms with Gasteiger partial charge in [0.1, 0.15) is 0 Å². The highest BCUT2D eigenvalue weighted by Crippen LogP contribution is 2.14. The standard InChI is InChI=1S/C14H21N/c1-11(2)9-15-10-13-5-7-14(8-6-13)12(3)4/h5-8,12,15H,1,9-10H2,2-4H3. The van der Waals surface area contributed by atoms with Crippen molar-refractivity contribution in [3.8, 4) is 0 Å². The van der Waals surface area contributed by atoms with Crippen molar-refractivity contribution in [1.82, 2.24) is 5.32 Å². The van der Waals surface area contributed by atoms with Gasteiger partial charge in [-0.25, -0.2) is 0 Å². The molecule has 82 valence electrons. The minimum atomic E-state index is 0.613. The smallest absolute Gasteiger partial charge is 0.0208 e. The largest absolute Gasteiger partial charge is 0.309 e. The van der Waals surface area contributed by atoms with E-state index < -0.39 is 0 Å². The molecule has 15 heavy (non-hydrogen) atoms. The number of hydrogen-bond acceptors (Lipinski definition) is 1. The predicted octanol–water partition coefficient (Wildman–Crippen LogP) is 3.48. The Bertz CT molecular complexity index is 309. The van der Waals surface area contributed by atoms with Crippen molar-refractivity contribution >= 4 is 0 Å². The maximum atomic E-state index is 3.86. The van der Waals surface area contributed by atoms with Gasteiger partial charge in [-0.05, 0) is 24.0 Å². The van der Waals surface area contributed by atoms with Crippen LogP contribution in [0.15, 0.2) is 36.4 Å². The van der Waals surface area contributed by atoms with Crippen LogP contribution in [-0.2, 0) is 6.54 Å². The fraction of sp³-hybridized carbons (Fsp3) is 0.429. The Morgan fingerprint density at radius 1 is 1.27 bits per heavy atom. The van der Waals surface area contributed by atoms with Gasteiger partial charge >= 0.3 is 0 Å². The van der Waals surface area contributed by atoms with Crippen molar-refractivity contribution in [1.29, 1.82) is 0 Å². The van der Waals surface area contributed by atoms with E-state index in [0.29, 0.717) is 5.92 Å². The van der Waals surface area contributed by atoms with Gasteiger partial charge in [0, 0.05) is 13.1 Å². The van der Waals surface area contributed by atoms with Crippen molar-refractivity contribution < 1.29 is 0 Å². The molecular formula is C14H21N. The average Bonchev–Trinajstić information content (AvgIpc) is 2.18. The molecule has 0 heterocycles. The monoisotopic (exact) mass is 203 g/mol. The van der Waals surface area contributed by atoms with Crippen LogP contribution in [0.3, 0.4) is 0 Å². The molecule has 0 aliphatic carbocycles. The van der Waals surface area contributed by atoms with E-state index >= 15 is 0 Å². The van der Waals surface area contributed by atoms with Crippen LogP contribution in [0.2, 0.25) is 0 Å². The Hall–Kier alpha value is -1.08. The first-order valence-corrected chi connectivity index (χ1v) is 5.53. The summed E-state index contributed by atoms with van der Waals surface area (Å²) in [5, 5.41) is 3.35. The first-order valence-electron chi connectivity index (χ1n) is 5.53. The number of benzene rings is 1. The predicted molar refractivity (Wildman–Crippen MR) is 67.1 cm³/mol. The van der Waals surface area contributed by atoms with Gasteiger partial charge in [0.2, 0.25) is 0 Å². The Kier molecular flexibility index (Phi) is 4.57. The summed E-state index contributed by atoms with van der Waals surface area (Å²) in [7, 11) is 0. The van der Waals surface area contributed by atoms with E-state index in [4.69, 9.17) is 0 Å². The molecule has 1 nitrogen and oxygen atoms in total. The van der Waals surface area contributed by atoms with Gasteiger partial charge < -0.3 is 5.32 Å². The summed E-state index contributed by atoms with van der Waals surface area (Å²) in [4.78, 5) is 0. The highest BCUT2D eigenvalue weighted by molar-refractivity contribution is 5.24. The fourth-order valence-electron chi connectivity index (χ4n) is 1.44. The van der Waals surface area contributed by atoms with Crippen LogP contribution in [0.5, 0.6) is 0 Å². The third-order valence-corrected chi connectivity index (χ3v) is 2.40. The number of hydrogen-bond donors (Lipinski definition) is 1.